The maximum atomic E-state index is 12.7. The van der Waals surface area contributed by atoms with Crippen LogP contribution in [-0.2, 0) is 4.84 Å². The molecule has 0 radical (unpaired) electrons. The number of ether oxygens (including phenoxy) is 1. The number of hydrogen-bond donors (Lipinski definition) is 5. The zero-order valence-electron chi connectivity index (χ0n) is 24.9. The standard InChI is InChI=1S/C31H42N4O8/c1-30(2,3)43-33-23-16-26(35-24(29(39)40)17-32-34-35)31(41)28-21(23)14-18(8-4-6-12-36)20(9-5-7-13-37)27(28)22-15-19(38)10-11-25(22)42-31/h10-11,14-15,17-18,20,26-28,36-38,41H,4-9,12-13,16H2,1-3H3,(H,39,40)/t18-,20+,26-,27+,28+,31+/m0/s1. The average Bonchev–Trinajstić information content (AvgIpc) is 3.43. The van der Waals surface area contributed by atoms with Gasteiger partial charge in [0.25, 0.3) is 0 Å². The number of oxime groups is 1. The molecule has 2 heterocycles. The number of carboxylic acids is 1. The van der Waals surface area contributed by atoms with E-state index in [9.17, 15) is 30.3 Å². The van der Waals surface area contributed by atoms with Gasteiger partial charge in [-0.05, 0) is 82.1 Å². The first-order valence-electron chi connectivity index (χ1n) is 15.0. The van der Waals surface area contributed by atoms with Gasteiger partial charge in [0.15, 0.2) is 5.69 Å². The van der Waals surface area contributed by atoms with E-state index in [0.29, 0.717) is 24.3 Å². The second-order valence-corrected chi connectivity index (χ2v) is 12.8. The summed E-state index contributed by atoms with van der Waals surface area (Å²) in [6, 6.07) is 3.79. The number of phenolic OH excluding ortho intramolecular Hbond substituents is 1. The van der Waals surface area contributed by atoms with Gasteiger partial charge in [-0.3, -0.25) is 0 Å². The molecule has 2 aliphatic carbocycles. The largest absolute Gasteiger partial charge is 0.508 e. The SMILES string of the molecule is CC(C)(C)ON=C1C[C@H](n2nncc2C(=O)O)[C@@]2(O)Oc3ccc(O)cc3[C@H]3[C@H](CCCCO)[C@@H](CCCCO)C=C1[C@H]32. The molecule has 12 heteroatoms. The number of carboxylic acid groups (broad SMARTS) is 1. The topological polar surface area (TPSA) is 180 Å². The van der Waals surface area contributed by atoms with Crippen LogP contribution in [0.4, 0.5) is 0 Å². The highest BCUT2D eigenvalue weighted by atomic mass is 16.6. The third-order valence-electron chi connectivity index (χ3n) is 8.78. The molecular weight excluding hydrogens is 556 g/mol. The minimum Gasteiger partial charge on any atom is -0.508 e. The highest BCUT2D eigenvalue weighted by molar-refractivity contribution is 6.02. The fourth-order valence-electron chi connectivity index (χ4n) is 7.03. The predicted octanol–water partition coefficient (Wildman–Crippen LogP) is 3.78. The first-order chi connectivity index (χ1) is 20.5. The van der Waals surface area contributed by atoms with Crippen LogP contribution in [0.3, 0.4) is 0 Å². The number of aromatic nitrogens is 3. The average molecular weight is 599 g/mol. The second-order valence-electron chi connectivity index (χ2n) is 12.8. The summed E-state index contributed by atoms with van der Waals surface area (Å²) in [5.74, 6) is -3.75. The minimum absolute atomic E-state index is 0.0202. The molecule has 2 aromatic rings. The fraction of sp³-hybridized carbons (Fsp3) is 0.613. The van der Waals surface area contributed by atoms with Gasteiger partial charge < -0.3 is 35.1 Å². The van der Waals surface area contributed by atoms with E-state index in [4.69, 9.17) is 9.57 Å². The van der Waals surface area contributed by atoms with E-state index in [1.54, 1.807) is 12.1 Å². The van der Waals surface area contributed by atoms with Crippen molar-refractivity contribution in [1.82, 2.24) is 15.0 Å². The van der Waals surface area contributed by atoms with Gasteiger partial charge in [0.05, 0.1) is 17.8 Å². The van der Waals surface area contributed by atoms with Crippen molar-refractivity contribution >= 4 is 11.7 Å². The molecule has 0 bridgehead atoms. The number of allylic oxidation sites excluding steroid dienone is 1. The lowest BCUT2D eigenvalue weighted by Crippen LogP contribution is -2.62. The van der Waals surface area contributed by atoms with Crippen LogP contribution < -0.4 is 4.74 Å². The number of hydrogen-bond acceptors (Lipinski definition) is 10. The Kier molecular flexibility index (Phi) is 8.82. The first-order valence-corrected chi connectivity index (χ1v) is 15.0. The van der Waals surface area contributed by atoms with Gasteiger partial charge >= 0.3 is 5.97 Å². The number of rotatable bonds is 11. The first kappa shape index (κ1) is 31.0. The zero-order chi connectivity index (χ0) is 30.9. The van der Waals surface area contributed by atoms with Crippen LogP contribution >= 0.6 is 0 Å². The molecule has 5 N–H and O–H groups in total. The Hall–Kier alpha value is -3.48. The van der Waals surface area contributed by atoms with E-state index in [1.807, 2.05) is 20.8 Å². The number of aliphatic hydroxyl groups excluding tert-OH is 2. The lowest BCUT2D eigenvalue weighted by Gasteiger charge is -2.56. The quantitative estimate of drug-likeness (QED) is 0.189. The molecule has 3 aliphatic rings. The van der Waals surface area contributed by atoms with Crippen LogP contribution in [0, 0.1) is 17.8 Å². The van der Waals surface area contributed by atoms with Crippen LogP contribution in [0.1, 0.15) is 93.7 Å². The third-order valence-corrected chi connectivity index (χ3v) is 8.78. The number of phenols is 1. The van der Waals surface area contributed by atoms with E-state index >= 15 is 0 Å². The Morgan fingerprint density at radius 2 is 1.88 bits per heavy atom. The molecule has 6 atom stereocenters. The smallest absolute Gasteiger partial charge is 0.355 e. The van der Waals surface area contributed by atoms with Crippen molar-refractivity contribution < 1.29 is 39.9 Å². The summed E-state index contributed by atoms with van der Waals surface area (Å²) >= 11 is 0. The van der Waals surface area contributed by atoms with Gasteiger partial charge in [-0.1, -0.05) is 29.3 Å². The van der Waals surface area contributed by atoms with Crippen molar-refractivity contribution in [3.63, 3.8) is 0 Å². The van der Waals surface area contributed by atoms with Gasteiger partial charge in [0.1, 0.15) is 23.1 Å². The molecular formula is C31H42N4O8. The lowest BCUT2D eigenvalue weighted by atomic mass is 9.55. The lowest BCUT2D eigenvalue weighted by molar-refractivity contribution is -0.225. The maximum absolute atomic E-state index is 12.7. The number of nitrogens with zero attached hydrogens (tertiary/aromatic N) is 4. The van der Waals surface area contributed by atoms with Gasteiger partial charge in [-0.2, -0.15) is 0 Å². The number of aliphatic hydroxyl groups is 3. The Balaban J connectivity index is 1.74. The molecule has 234 valence electrons. The highest BCUT2D eigenvalue weighted by Crippen LogP contribution is 2.62. The van der Waals surface area contributed by atoms with E-state index in [2.05, 4.69) is 21.5 Å². The molecule has 1 aliphatic heterocycles. The van der Waals surface area contributed by atoms with Crippen LogP contribution in [0.2, 0.25) is 0 Å². The van der Waals surface area contributed by atoms with Gasteiger partial charge in [-0.15, -0.1) is 5.10 Å². The monoisotopic (exact) mass is 598 g/mol. The normalized spacial score (nSPS) is 28.9. The Morgan fingerprint density at radius 1 is 1.16 bits per heavy atom. The number of fused-ring (bicyclic) bond motifs is 2. The van der Waals surface area contributed by atoms with Crippen LogP contribution in [0.25, 0.3) is 0 Å². The summed E-state index contributed by atoms with van der Waals surface area (Å²) in [4.78, 5) is 18.1. The molecule has 1 fully saturated rings. The second kappa shape index (κ2) is 12.3. The summed E-state index contributed by atoms with van der Waals surface area (Å²) in [7, 11) is 0. The van der Waals surface area contributed by atoms with Gasteiger partial charge in [0.2, 0.25) is 5.79 Å². The Morgan fingerprint density at radius 3 is 2.56 bits per heavy atom. The van der Waals surface area contributed by atoms with E-state index in [1.165, 1.54) is 10.7 Å². The van der Waals surface area contributed by atoms with Crippen molar-refractivity contribution in [2.45, 2.75) is 89.1 Å². The van der Waals surface area contributed by atoms with E-state index in [0.717, 1.165) is 43.0 Å². The molecule has 1 aromatic heterocycles. The van der Waals surface area contributed by atoms with Crippen LogP contribution in [-0.4, -0.2) is 76.8 Å². The predicted molar refractivity (Wildman–Crippen MR) is 156 cm³/mol. The zero-order valence-corrected chi connectivity index (χ0v) is 24.9. The number of aromatic hydroxyl groups is 1. The van der Waals surface area contributed by atoms with Crippen LogP contribution in [0.15, 0.2) is 41.2 Å². The van der Waals surface area contributed by atoms with Crippen LogP contribution in [0.5, 0.6) is 11.5 Å². The van der Waals surface area contributed by atoms with E-state index in [-0.39, 0.29) is 48.8 Å². The van der Waals surface area contributed by atoms with Crippen molar-refractivity contribution in [2.24, 2.45) is 22.9 Å². The summed E-state index contributed by atoms with van der Waals surface area (Å²) in [6.07, 6.45) is 7.69. The third kappa shape index (κ3) is 6.00. The molecule has 5 rings (SSSR count). The summed E-state index contributed by atoms with van der Waals surface area (Å²) < 4.78 is 7.64. The number of carbonyl (C=O) groups is 1. The highest BCUT2D eigenvalue weighted by Gasteiger charge is 2.63. The number of unbranched alkanes of at least 4 members (excludes halogenated alkanes) is 2. The Labute approximate surface area is 250 Å². The minimum atomic E-state index is -1.94. The molecule has 0 saturated heterocycles. The number of benzene rings is 1. The molecule has 1 aromatic carbocycles. The summed E-state index contributed by atoms with van der Waals surface area (Å²) in [5.41, 5.74) is 1.25. The van der Waals surface area contributed by atoms with Gasteiger partial charge in [-0.25, -0.2) is 9.48 Å². The van der Waals surface area contributed by atoms with Crippen molar-refractivity contribution in [2.75, 3.05) is 13.2 Å². The maximum Gasteiger partial charge on any atom is 0.355 e. The Bertz CT molecular complexity index is 1380. The molecule has 0 amide bonds. The van der Waals surface area contributed by atoms with Gasteiger partial charge in [0, 0.05) is 31.1 Å². The molecule has 43 heavy (non-hydrogen) atoms. The van der Waals surface area contributed by atoms with E-state index < -0.39 is 29.3 Å². The number of aromatic carboxylic acids is 1. The molecule has 0 unspecified atom stereocenters. The molecule has 0 spiro atoms. The fourth-order valence-corrected chi connectivity index (χ4v) is 7.03. The van der Waals surface area contributed by atoms with Crippen molar-refractivity contribution in [3.05, 3.63) is 47.3 Å². The molecule has 1 saturated carbocycles. The van der Waals surface area contributed by atoms with Crippen molar-refractivity contribution in [1.29, 1.82) is 0 Å². The molecule has 12 nitrogen and oxygen atoms in total. The van der Waals surface area contributed by atoms with Crippen molar-refractivity contribution in [3.8, 4) is 11.5 Å². The summed E-state index contributed by atoms with van der Waals surface area (Å²) in [6.45, 7) is 5.79. The summed E-state index contributed by atoms with van der Waals surface area (Å²) in [5, 5.41) is 64.8.